The zero-order chi connectivity index (χ0) is 16.2. The Bertz CT molecular complexity index is 475. The molecule has 0 spiro atoms. The van der Waals surface area contributed by atoms with Crippen LogP contribution in [0.1, 0.15) is 52.6 Å². The molecule has 0 fully saturated rings. The second-order valence-corrected chi connectivity index (χ2v) is 6.53. The molecule has 0 radical (unpaired) electrons. The van der Waals surface area contributed by atoms with Crippen LogP contribution in [0, 0.1) is 17.6 Å². The fourth-order valence-corrected chi connectivity index (χ4v) is 1.98. The fraction of sp³-hybridized carbons (Fsp3) is 0.562. The molecule has 21 heavy (non-hydrogen) atoms. The van der Waals surface area contributed by atoms with Gasteiger partial charge in [-0.3, -0.25) is 0 Å². The highest BCUT2D eigenvalue weighted by Gasteiger charge is 2.22. The van der Waals surface area contributed by atoms with Crippen LogP contribution in [-0.2, 0) is 4.74 Å². The molecule has 0 aliphatic carbocycles. The van der Waals surface area contributed by atoms with Crippen LogP contribution in [0.5, 0.6) is 0 Å². The fourth-order valence-electron chi connectivity index (χ4n) is 1.98. The maximum absolute atomic E-state index is 13.4. The molecule has 0 aliphatic heterocycles. The van der Waals surface area contributed by atoms with Crippen molar-refractivity contribution in [2.45, 2.75) is 52.7 Å². The third kappa shape index (κ3) is 6.56. The number of benzene rings is 1. The zero-order valence-corrected chi connectivity index (χ0v) is 13.2. The van der Waals surface area contributed by atoms with E-state index in [0.29, 0.717) is 12.0 Å². The molecule has 0 saturated carbocycles. The molecular weight excluding hydrogens is 276 g/mol. The van der Waals surface area contributed by atoms with E-state index in [9.17, 15) is 13.6 Å². The number of carbonyl (C=O) groups is 1. The van der Waals surface area contributed by atoms with E-state index in [4.69, 9.17) is 4.74 Å². The van der Waals surface area contributed by atoms with Crippen LogP contribution in [0.15, 0.2) is 18.2 Å². The lowest BCUT2D eigenvalue weighted by molar-refractivity contribution is 0.0497. The average Bonchev–Trinajstić information content (AvgIpc) is 2.23. The molecule has 1 unspecified atom stereocenters. The number of halogens is 2. The first-order valence-electron chi connectivity index (χ1n) is 7.02. The summed E-state index contributed by atoms with van der Waals surface area (Å²) >= 11 is 0. The first kappa shape index (κ1) is 17.4. The summed E-state index contributed by atoms with van der Waals surface area (Å²) in [6.45, 7) is 9.21. The number of hydrogen-bond acceptors (Lipinski definition) is 2. The maximum Gasteiger partial charge on any atom is 0.408 e. The van der Waals surface area contributed by atoms with Gasteiger partial charge in [0.25, 0.3) is 0 Å². The molecule has 1 amide bonds. The van der Waals surface area contributed by atoms with Gasteiger partial charge in [-0.15, -0.1) is 0 Å². The van der Waals surface area contributed by atoms with Crippen LogP contribution in [0.3, 0.4) is 0 Å². The normalized spacial score (nSPS) is 13.1. The van der Waals surface area contributed by atoms with Gasteiger partial charge in [0, 0.05) is 6.07 Å². The number of alkyl carbamates (subject to hydrolysis) is 1. The van der Waals surface area contributed by atoms with Gasteiger partial charge in [-0.2, -0.15) is 0 Å². The van der Waals surface area contributed by atoms with Gasteiger partial charge >= 0.3 is 6.09 Å². The summed E-state index contributed by atoms with van der Waals surface area (Å²) in [6.07, 6.45) is -0.0416. The summed E-state index contributed by atoms with van der Waals surface area (Å²) < 4.78 is 31.9. The second kappa shape index (κ2) is 6.87. The van der Waals surface area contributed by atoms with Gasteiger partial charge in [0.1, 0.15) is 17.2 Å². The van der Waals surface area contributed by atoms with Crippen molar-refractivity contribution < 1.29 is 18.3 Å². The van der Waals surface area contributed by atoms with Crippen molar-refractivity contribution in [1.82, 2.24) is 5.32 Å². The number of rotatable bonds is 4. The number of carbonyl (C=O) groups excluding carboxylic acids is 1. The second-order valence-electron chi connectivity index (χ2n) is 6.53. The SMILES string of the molecule is CC(C)CC(NC(=O)OC(C)(C)C)c1cc(F)cc(F)c1. The number of amides is 1. The van der Waals surface area contributed by atoms with Crippen molar-refractivity contribution in [3.63, 3.8) is 0 Å². The summed E-state index contributed by atoms with van der Waals surface area (Å²) in [5.41, 5.74) is -0.230. The lowest BCUT2D eigenvalue weighted by Crippen LogP contribution is -2.35. The Morgan fingerprint density at radius 2 is 1.71 bits per heavy atom. The van der Waals surface area contributed by atoms with E-state index in [2.05, 4.69) is 5.32 Å². The molecular formula is C16H23F2NO2. The van der Waals surface area contributed by atoms with Crippen molar-refractivity contribution in [2.75, 3.05) is 0 Å². The van der Waals surface area contributed by atoms with Crippen LogP contribution in [-0.4, -0.2) is 11.7 Å². The molecule has 1 rings (SSSR count). The summed E-state index contributed by atoms with van der Waals surface area (Å²) in [5, 5.41) is 2.68. The monoisotopic (exact) mass is 299 g/mol. The van der Waals surface area contributed by atoms with Crippen LogP contribution in [0.2, 0.25) is 0 Å². The average molecular weight is 299 g/mol. The van der Waals surface area contributed by atoms with Crippen LogP contribution < -0.4 is 5.32 Å². The number of ether oxygens (including phenoxy) is 1. The van der Waals surface area contributed by atoms with Crippen molar-refractivity contribution in [2.24, 2.45) is 5.92 Å². The number of nitrogens with one attached hydrogen (secondary N) is 1. The largest absolute Gasteiger partial charge is 0.444 e. The van der Waals surface area contributed by atoms with Crippen LogP contribution in [0.25, 0.3) is 0 Å². The Balaban J connectivity index is 2.92. The minimum atomic E-state index is -0.662. The summed E-state index contributed by atoms with van der Waals surface area (Å²) in [7, 11) is 0. The molecule has 3 nitrogen and oxygen atoms in total. The molecule has 1 aromatic rings. The zero-order valence-electron chi connectivity index (χ0n) is 13.2. The van der Waals surface area contributed by atoms with Crippen molar-refractivity contribution in [1.29, 1.82) is 0 Å². The quantitative estimate of drug-likeness (QED) is 0.884. The maximum atomic E-state index is 13.4. The smallest absolute Gasteiger partial charge is 0.408 e. The van der Waals surface area contributed by atoms with Gasteiger partial charge < -0.3 is 10.1 Å². The van der Waals surface area contributed by atoms with Gasteiger partial charge in [0.15, 0.2) is 0 Å². The van der Waals surface area contributed by atoms with Gasteiger partial charge in [0.05, 0.1) is 6.04 Å². The Morgan fingerprint density at radius 3 is 2.14 bits per heavy atom. The Morgan fingerprint density at radius 1 is 1.19 bits per heavy atom. The molecule has 0 heterocycles. The lowest BCUT2D eigenvalue weighted by atomic mass is 9.97. The minimum Gasteiger partial charge on any atom is -0.444 e. The summed E-state index contributed by atoms with van der Waals surface area (Å²) in [6, 6.07) is 2.77. The highest BCUT2D eigenvalue weighted by molar-refractivity contribution is 5.68. The van der Waals surface area contributed by atoms with Crippen molar-refractivity contribution in [3.8, 4) is 0 Å². The van der Waals surface area contributed by atoms with Gasteiger partial charge in [-0.25, -0.2) is 13.6 Å². The first-order chi connectivity index (χ1) is 9.56. The van der Waals surface area contributed by atoms with Crippen molar-refractivity contribution >= 4 is 6.09 Å². The molecule has 0 aliphatic rings. The molecule has 5 heteroatoms. The van der Waals surface area contributed by atoms with E-state index in [1.807, 2.05) is 13.8 Å². The van der Waals surface area contributed by atoms with E-state index in [1.165, 1.54) is 12.1 Å². The minimum absolute atomic E-state index is 0.247. The predicted octanol–water partition coefficient (Wildman–Crippen LogP) is 4.58. The summed E-state index contributed by atoms with van der Waals surface area (Å²) in [4.78, 5) is 11.9. The van der Waals surface area contributed by atoms with Gasteiger partial charge in [-0.05, 0) is 50.8 Å². The molecule has 1 N–H and O–H groups in total. The van der Waals surface area contributed by atoms with E-state index in [-0.39, 0.29) is 5.92 Å². The highest BCUT2D eigenvalue weighted by atomic mass is 19.1. The molecule has 0 bridgehead atoms. The highest BCUT2D eigenvalue weighted by Crippen LogP contribution is 2.23. The molecule has 1 aromatic carbocycles. The predicted molar refractivity (Wildman–Crippen MR) is 77.9 cm³/mol. The van der Waals surface area contributed by atoms with Crippen LogP contribution >= 0.6 is 0 Å². The van der Waals surface area contributed by atoms with E-state index in [0.717, 1.165) is 6.07 Å². The third-order valence-corrected chi connectivity index (χ3v) is 2.69. The van der Waals surface area contributed by atoms with Crippen LogP contribution in [0.4, 0.5) is 13.6 Å². The topological polar surface area (TPSA) is 38.3 Å². The lowest BCUT2D eigenvalue weighted by Gasteiger charge is -2.25. The summed E-state index contributed by atoms with van der Waals surface area (Å²) in [5.74, 6) is -1.08. The first-order valence-corrected chi connectivity index (χ1v) is 7.02. The van der Waals surface area contributed by atoms with E-state index >= 15 is 0 Å². The molecule has 1 atom stereocenters. The third-order valence-electron chi connectivity index (χ3n) is 2.69. The molecule has 0 aromatic heterocycles. The standard InChI is InChI=1S/C16H23F2NO2/c1-10(2)6-14(19-15(20)21-16(3,4)5)11-7-12(17)9-13(18)8-11/h7-10,14H,6H2,1-5H3,(H,19,20). The Labute approximate surface area is 124 Å². The molecule has 0 saturated heterocycles. The number of hydrogen-bond donors (Lipinski definition) is 1. The van der Waals surface area contributed by atoms with E-state index in [1.54, 1.807) is 20.8 Å². The van der Waals surface area contributed by atoms with Gasteiger partial charge in [-0.1, -0.05) is 13.8 Å². The van der Waals surface area contributed by atoms with Crippen molar-refractivity contribution in [3.05, 3.63) is 35.4 Å². The van der Waals surface area contributed by atoms with E-state index < -0.39 is 29.4 Å². The Hall–Kier alpha value is -1.65. The molecule has 118 valence electrons. The Kier molecular flexibility index (Phi) is 5.70. The van der Waals surface area contributed by atoms with Gasteiger partial charge in [0.2, 0.25) is 0 Å².